The molecule has 1 aromatic carbocycles. The predicted octanol–water partition coefficient (Wildman–Crippen LogP) is 1.62. The van der Waals surface area contributed by atoms with Crippen molar-refractivity contribution in [3.8, 4) is 11.5 Å². The number of nitrogen functional groups attached to an aromatic ring is 1. The van der Waals surface area contributed by atoms with Crippen molar-refractivity contribution in [3.05, 3.63) is 17.7 Å². The van der Waals surface area contributed by atoms with E-state index in [4.69, 9.17) is 24.7 Å². The van der Waals surface area contributed by atoms with Gasteiger partial charge in [0.25, 0.3) is 0 Å². The molecule has 1 saturated heterocycles. The molecule has 1 aliphatic rings. The molecule has 1 heterocycles. The molecule has 1 unspecified atom stereocenters. The van der Waals surface area contributed by atoms with Crippen molar-refractivity contribution >= 4 is 11.7 Å². The average molecular weight is 281 g/mol. The Morgan fingerprint density at radius 1 is 1.30 bits per heavy atom. The van der Waals surface area contributed by atoms with Gasteiger partial charge < -0.3 is 24.7 Å². The Morgan fingerprint density at radius 3 is 2.60 bits per heavy atom. The number of hydrogen-bond acceptors (Lipinski definition) is 6. The molecule has 0 saturated carbocycles. The van der Waals surface area contributed by atoms with Crippen molar-refractivity contribution in [3.63, 3.8) is 0 Å². The van der Waals surface area contributed by atoms with Crippen LogP contribution in [-0.4, -0.2) is 39.5 Å². The summed E-state index contributed by atoms with van der Waals surface area (Å²) in [6, 6.07) is 3.08. The minimum atomic E-state index is -0.473. The molecule has 2 N–H and O–H groups in total. The minimum Gasteiger partial charge on any atom is -0.493 e. The number of methoxy groups -OCH3 is 2. The van der Waals surface area contributed by atoms with Crippen molar-refractivity contribution < 1.29 is 23.7 Å². The number of anilines is 1. The van der Waals surface area contributed by atoms with Crippen LogP contribution in [-0.2, 0) is 9.47 Å². The summed E-state index contributed by atoms with van der Waals surface area (Å²) >= 11 is 0. The van der Waals surface area contributed by atoms with Crippen LogP contribution in [0.3, 0.4) is 0 Å². The molecule has 0 amide bonds. The van der Waals surface area contributed by atoms with Crippen molar-refractivity contribution in [1.29, 1.82) is 0 Å². The molecule has 1 fully saturated rings. The van der Waals surface area contributed by atoms with Crippen LogP contribution >= 0.6 is 0 Å². The van der Waals surface area contributed by atoms with Crippen LogP contribution in [0.2, 0.25) is 0 Å². The fourth-order valence-corrected chi connectivity index (χ4v) is 2.09. The van der Waals surface area contributed by atoms with Gasteiger partial charge in [-0.25, -0.2) is 4.79 Å². The number of carbonyl (C=O) groups excluding carboxylic acids is 1. The quantitative estimate of drug-likeness (QED) is 0.667. The lowest BCUT2D eigenvalue weighted by Crippen LogP contribution is -2.28. The summed E-state index contributed by atoms with van der Waals surface area (Å²) in [5.41, 5.74) is 6.43. The lowest BCUT2D eigenvalue weighted by molar-refractivity contribution is -0.0305. The predicted molar refractivity (Wildman–Crippen MR) is 73.2 cm³/mol. The fraction of sp³-hybridized carbons (Fsp3) is 0.500. The van der Waals surface area contributed by atoms with Crippen LogP contribution in [0.1, 0.15) is 23.2 Å². The zero-order valence-electron chi connectivity index (χ0n) is 11.7. The smallest absolute Gasteiger partial charge is 0.340 e. The van der Waals surface area contributed by atoms with Crippen molar-refractivity contribution in [2.24, 2.45) is 0 Å². The Kier molecular flexibility index (Phi) is 4.68. The van der Waals surface area contributed by atoms with Crippen LogP contribution in [0, 0.1) is 0 Å². The van der Waals surface area contributed by atoms with Crippen LogP contribution in [0.5, 0.6) is 11.5 Å². The molecule has 0 aliphatic carbocycles. The van der Waals surface area contributed by atoms with Gasteiger partial charge in [0.05, 0.1) is 32.1 Å². The number of esters is 1. The van der Waals surface area contributed by atoms with Gasteiger partial charge in [0.1, 0.15) is 6.10 Å². The van der Waals surface area contributed by atoms with Crippen molar-refractivity contribution in [1.82, 2.24) is 0 Å². The second-order valence-corrected chi connectivity index (χ2v) is 4.54. The van der Waals surface area contributed by atoms with Gasteiger partial charge in [-0.3, -0.25) is 0 Å². The molecular formula is C14H19NO5. The monoisotopic (exact) mass is 281 g/mol. The van der Waals surface area contributed by atoms with Crippen LogP contribution in [0.15, 0.2) is 12.1 Å². The highest BCUT2D eigenvalue weighted by Crippen LogP contribution is 2.32. The van der Waals surface area contributed by atoms with Gasteiger partial charge in [-0.1, -0.05) is 0 Å². The fourth-order valence-electron chi connectivity index (χ4n) is 2.09. The number of benzene rings is 1. The third-order valence-electron chi connectivity index (χ3n) is 3.17. The van der Waals surface area contributed by atoms with E-state index in [0.29, 0.717) is 30.4 Å². The first-order chi connectivity index (χ1) is 9.65. The maximum Gasteiger partial charge on any atom is 0.340 e. The molecule has 0 spiro atoms. The summed E-state index contributed by atoms with van der Waals surface area (Å²) < 4.78 is 21.0. The van der Waals surface area contributed by atoms with Crippen LogP contribution in [0.25, 0.3) is 0 Å². The zero-order valence-corrected chi connectivity index (χ0v) is 11.7. The molecule has 6 nitrogen and oxygen atoms in total. The average Bonchev–Trinajstić information content (AvgIpc) is 2.47. The first-order valence-electron chi connectivity index (χ1n) is 6.46. The van der Waals surface area contributed by atoms with E-state index in [-0.39, 0.29) is 11.7 Å². The number of rotatable bonds is 4. The summed E-state index contributed by atoms with van der Waals surface area (Å²) in [5.74, 6) is 0.440. The SMILES string of the molecule is COc1cc(N)c(C(=O)OC2CCCOC2)cc1OC. The molecule has 110 valence electrons. The van der Waals surface area contributed by atoms with Crippen molar-refractivity contribution in [2.45, 2.75) is 18.9 Å². The molecule has 20 heavy (non-hydrogen) atoms. The zero-order chi connectivity index (χ0) is 14.5. The van der Waals surface area contributed by atoms with Gasteiger partial charge in [-0.15, -0.1) is 0 Å². The van der Waals surface area contributed by atoms with Gasteiger partial charge in [0.2, 0.25) is 0 Å². The molecular weight excluding hydrogens is 262 g/mol. The number of nitrogens with two attached hydrogens (primary N) is 1. The normalized spacial score (nSPS) is 18.4. The summed E-state index contributed by atoms with van der Waals surface area (Å²) in [5, 5.41) is 0. The molecule has 6 heteroatoms. The number of carbonyl (C=O) groups is 1. The summed E-state index contributed by atoms with van der Waals surface area (Å²) in [4.78, 5) is 12.1. The highest BCUT2D eigenvalue weighted by atomic mass is 16.6. The second-order valence-electron chi connectivity index (χ2n) is 4.54. The molecule has 0 bridgehead atoms. The molecule has 1 aliphatic heterocycles. The molecule has 0 aromatic heterocycles. The van der Waals surface area contributed by atoms with E-state index < -0.39 is 5.97 Å². The minimum absolute atomic E-state index is 0.219. The van der Waals surface area contributed by atoms with Gasteiger partial charge in [-0.2, -0.15) is 0 Å². The molecule has 1 atom stereocenters. The second kappa shape index (κ2) is 6.47. The number of hydrogen-bond donors (Lipinski definition) is 1. The first kappa shape index (κ1) is 14.5. The summed E-state index contributed by atoms with van der Waals surface area (Å²) in [6.45, 7) is 1.14. The van der Waals surface area contributed by atoms with Gasteiger partial charge in [0.15, 0.2) is 11.5 Å². The van der Waals surface area contributed by atoms with E-state index in [9.17, 15) is 4.79 Å². The van der Waals surface area contributed by atoms with Crippen molar-refractivity contribution in [2.75, 3.05) is 33.2 Å². The topological polar surface area (TPSA) is 80.0 Å². The number of ether oxygens (including phenoxy) is 4. The maximum absolute atomic E-state index is 12.1. The highest BCUT2D eigenvalue weighted by Gasteiger charge is 2.22. The van der Waals surface area contributed by atoms with Gasteiger partial charge >= 0.3 is 5.97 Å². The Hall–Kier alpha value is -1.95. The van der Waals surface area contributed by atoms with Crippen LogP contribution < -0.4 is 15.2 Å². The van der Waals surface area contributed by atoms with E-state index in [0.717, 1.165) is 12.8 Å². The largest absolute Gasteiger partial charge is 0.493 e. The molecule has 1 aromatic rings. The Morgan fingerprint density at radius 2 is 2.00 bits per heavy atom. The van der Waals surface area contributed by atoms with E-state index in [1.54, 1.807) is 6.07 Å². The van der Waals surface area contributed by atoms with Gasteiger partial charge in [0, 0.05) is 18.7 Å². The standard InChI is InChI=1S/C14H19NO5/c1-17-12-6-10(11(15)7-13(12)18-2)14(16)20-9-4-3-5-19-8-9/h6-7,9H,3-5,8,15H2,1-2H3. The first-order valence-corrected chi connectivity index (χ1v) is 6.46. The Bertz CT molecular complexity index is 483. The lowest BCUT2D eigenvalue weighted by Gasteiger charge is -2.22. The third kappa shape index (κ3) is 3.14. The molecule has 0 radical (unpaired) electrons. The van der Waals surface area contributed by atoms with E-state index in [1.807, 2.05) is 0 Å². The highest BCUT2D eigenvalue weighted by molar-refractivity contribution is 5.96. The Balaban J connectivity index is 2.16. The Labute approximate surface area is 117 Å². The summed E-state index contributed by atoms with van der Waals surface area (Å²) in [6.07, 6.45) is 1.47. The summed E-state index contributed by atoms with van der Waals surface area (Å²) in [7, 11) is 3.01. The van der Waals surface area contributed by atoms with E-state index in [1.165, 1.54) is 20.3 Å². The van der Waals surface area contributed by atoms with E-state index >= 15 is 0 Å². The van der Waals surface area contributed by atoms with E-state index in [2.05, 4.69) is 0 Å². The third-order valence-corrected chi connectivity index (χ3v) is 3.17. The van der Waals surface area contributed by atoms with Crippen LogP contribution in [0.4, 0.5) is 5.69 Å². The lowest BCUT2D eigenvalue weighted by atomic mass is 10.1. The molecule has 2 rings (SSSR count). The van der Waals surface area contributed by atoms with Gasteiger partial charge in [-0.05, 0) is 12.8 Å². The maximum atomic E-state index is 12.1.